The third-order valence-corrected chi connectivity index (χ3v) is 6.75. The largest absolute Gasteiger partial charge is 0.444 e. The van der Waals surface area contributed by atoms with Crippen molar-refractivity contribution >= 4 is 29.1 Å². The molecular weight excluding hydrogens is 452 g/mol. The molecule has 0 spiro atoms. The number of piperidine rings is 1. The number of likely N-dealkylation sites (tertiary alicyclic amines) is 1. The Morgan fingerprint density at radius 1 is 1.03 bits per heavy atom. The summed E-state index contributed by atoms with van der Waals surface area (Å²) < 4.78 is 27.7. The molecule has 1 aliphatic carbocycles. The lowest BCUT2D eigenvalue weighted by Crippen LogP contribution is -2.43. The predicted octanol–water partition coefficient (Wildman–Crippen LogP) is 6.43. The van der Waals surface area contributed by atoms with Crippen LogP contribution in [0.4, 0.5) is 4.39 Å². The fourth-order valence-electron chi connectivity index (χ4n) is 4.52. The number of allylic oxidation sites excluding steroid dienone is 3. The zero-order valence-corrected chi connectivity index (χ0v) is 18.8. The summed E-state index contributed by atoms with van der Waals surface area (Å²) in [5, 5.41) is 1.23. The van der Waals surface area contributed by atoms with Crippen molar-refractivity contribution in [3.05, 3.63) is 81.6 Å². The van der Waals surface area contributed by atoms with Crippen LogP contribution in [0.1, 0.15) is 41.6 Å². The zero-order valence-electron chi connectivity index (χ0n) is 17.3. The topological polar surface area (TPSA) is 38.8 Å². The van der Waals surface area contributed by atoms with Crippen LogP contribution >= 0.6 is 23.2 Å². The predicted molar refractivity (Wildman–Crippen MR) is 122 cm³/mol. The highest BCUT2D eigenvalue weighted by atomic mass is 35.5. The molecule has 0 aromatic heterocycles. The molecule has 2 aromatic rings. The minimum atomic E-state index is -1.23. The molecule has 32 heavy (non-hydrogen) atoms. The van der Waals surface area contributed by atoms with E-state index in [9.17, 15) is 4.79 Å². The smallest absolute Gasteiger partial charge is 0.284 e. The Hall–Kier alpha value is -2.50. The lowest BCUT2D eigenvalue weighted by Gasteiger charge is -2.35. The van der Waals surface area contributed by atoms with Crippen molar-refractivity contribution in [2.24, 2.45) is 5.92 Å². The van der Waals surface area contributed by atoms with Crippen molar-refractivity contribution in [3.8, 4) is 11.5 Å². The molecule has 5 rings (SSSR count). The molecule has 2 heterocycles. The first-order valence-corrected chi connectivity index (χ1v) is 11.5. The van der Waals surface area contributed by atoms with Gasteiger partial charge in [-0.1, -0.05) is 35.4 Å². The van der Waals surface area contributed by atoms with Crippen LogP contribution in [0.15, 0.2) is 59.7 Å². The van der Waals surface area contributed by atoms with Gasteiger partial charge in [-0.05, 0) is 62.1 Å². The summed E-state index contributed by atoms with van der Waals surface area (Å²) in [6, 6.07) is 9.90. The Kier molecular flexibility index (Phi) is 5.64. The molecule has 2 aliphatic heterocycles. The summed E-state index contributed by atoms with van der Waals surface area (Å²) in [7, 11) is 0. The van der Waals surface area contributed by atoms with Gasteiger partial charge in [-0.25, -0.2) is 4.39 Å². The number of rotatable bonds is 3. The van der Waals surface area contributed by atoms with Gasteiger partial charge in [0.2, 0.25) is 0 Å². The highest BCUT2D eigenvalue weighted by Crippen LogP contribution is 2.51. The Balaban J connectivity index is 1.52. The number of fused-ring (bicyclic) bond motifs is 1. The van der Waals surface area contributed by atoms with Crippen molar-refractivity contribution in [3.63, 3.8) is 0 Å². The minimum Gasteiger partial charge on any atom is -0.444 e. The quantitative estimate of drug-likeness (QED) is 0.515. The molecule has 0 bridgehead atoms. The molecule has 3 aliphatic rings. The first-order valence-electron chi connectivity index (χ1n) is 10.8. The summed E-state index contributed by atoms with van der Waals surface area (Å²) in [6.45, 7) is 1.28. The van der Waals surface area contributed by atoms with E-state index >= 15 is 4.39 Å². The second-order valence-electron chi connectivity index (χ2n) is 8.30. The summed E-state index contributed by atoms with van der Waals surface area (Å²) in [5.74, 6) is -1.77. The van der Waals surface area contributed by atoms with E-state index in [-0.39, 0.29) is 23.1 Å². The second-order valence-corrected chi connectivity index (χ2v) is 9.17. The van der Waals surface area contributed by atoms with Gasteiger partial charge >= 0.3 is 0 Å². The van der Waals surface area contributed by atoms with Crippen molar-refractivity contribution in [1.82, 2.24) is 4.90 Å². The molecule has 1 fully saturated rings. The highest BCUT2D eigenvalue weighted by Gasteiger charge is 2.50. The average Bonchev–Trinajstić information content (AvgIpc) is 3.19. The molecule has 166 valence electrons. The first kappa shape index (κ1) is 21.4. The Bertz CT molecular complexity index is 1110. The molecule has 1 amide bonds. The lowest BCUT2D eigenvalue weighted by atomic mass is 9.86. The molecule has 0 radical (unpaired) electrons. The van der Waals surface area contributed by atoms with Crippen LogP contribution < -0.4 is 9.47 Å². The van der Waals surface area contributed by atoms with Gasteiger partial charge in [0.25, 0.3) is 11.7 Å². The van der Waals surface area contributed by atoms with E-state index in [2.05, 4.69) is 0 Å². The molecular formula is C25H22Cl2FNO3. The summed E-state index contributed by atoms with van der Waals surface area (Å²) >= 11 is 12.2. The minimum absolute atomic E-state index is 0.00304. The van der Waals surface area contributed by atoms with Crippen LogP contribution in [0.25, 0.3) is 0 Å². The SMILES string of the molecule is O=C(c1cc2c(cc1F)OC(c1ccc(Cl)cc1)(C1C=CC(Cl)=CC1)O2)N1CCCCC1. The maximum absolute atomic E-state index is 15.0. The standard InChI is InChI=1S/C25H22Cl2FNO3/c26-18-8-4-16(5-9-18)25(17-6-10-19(27)11-7-17)31-22-14-20(21(28)15-23(22)32-25)24(30)29-12-2-1-3-13-29/h4-6,8-11,14-15,17H,1-3,7,12-13H2. The Labute approximate surface area is 196 Å². The third-order valence-electron chi connectivity index (χ3n) is 6.22. The van der Waals surface area contributed by atoms with Gasteiger partial charge in [0.05, 0.1) is 11.5 Å². The number of hydrogen-bond acceptors (Lipinski definition) is 3. The summed E-state index contributed by atoms with van der Waals surface area (Å²) in [5.41, 5.74) is 0.742. The maximum Gasteiger partial charge on any atom is 0.284 e. The van der Waals surface area contributed by atoms with Crippen molar-refractivity contribution < 1.29 is 18.7 Å². The molecule has 1 saturated heterocycles. The molecule has 0 saturated carbocycles. The first-order chi connectivity index (χ1) is 15.5. The van der Waals surface area contributed by atoms with Crippen LogP contribution in [-0.2, 0) is 5.79 Å². The van der Waals surface area contributed by atoms with E-state index in [4.69, 9.17) is 32.7 Å². The Morgan fingerprint density at radius 2 is 1.72 bits per heavy atom. The highest BCUT2D eigenvalue weighted by molar-refractivity contribution is 6.31. The van der Waals surface area contributed by atoms with E-state index in [1.54, 1.807) is 23.1 Å². The number of hydrogen-bond donors (Lipinski definition) is 0. The molecule has 7 heteroatoms. The van der Waals surface area contributed by atoms with Crippen LogP contribution in [0.2, 0.25) is 5.02 Å². The number of benzene rings is 2. The molecule has 2 unspecified atom stereocenters. The van der Waals surface area contributed by atoms with Crippen molar-refractivity contribution in [1.29, 1.82) is 0 Å². The normalized spacial score (nSPS) is 24.4. The Morgan fingerprint density at radius 3 is 2.38 bits per heavy atom. The van der Waals surface area contributed by atoms with Crippen LogP contribution in [0, 0.1) is 11.7 Å². The average molecular weight is 474 g/mol. The maximum atomic E-state index is 15.0. The van der Waals surface area contributed by atoms with E-state index in [1.807, 2.05) is 24.3 Å². The fourth-order valence-corrected chi connectivity index (χ4v) is 4.80. The number of ether oxygens (including phenoxy) is 2. The number of nitrogens with zero attached hydrogens (tertiary/aromatic N) is 1. The summed E-state index contributed by atoms with van der Waals surface area (Å²) in [4.78, 5) is 14.7. The monoisotopic (exact) mass is 473 g/mol. The number of carbonyl (C=O) groups is 1. The van der Waals surface area contributed by atoms with Crippen molar-refractivity contribution in [2.45, 2.75) is 31.5 Å². The molecule has 2 atom stereocenters. The van der Waals surface area contributed by atoms with Crippen LogP contribution in [0.5, 0.6) is 11.5 Å². The van der Waals surface area contributed by atoms with Gasteiger partial charge in [-0.15, -0.1) is 0 Å². The van der Waals surface area contributed by atoms with Gasteiger partial charge in [-0.2, -0.15) is 0 Å². The molecule has 0 N–H and O–H groups in total. The molecule has 2 aromatic carbocycles. The summed E-state index contributed by atoms with van der Waals surface area (Å²) in [6.07, 6.45) is 9.15. The van der Waals surface area contributed by atoms with Gasteiger partial charge in [-0.3, -0.25) is 4.79 Å². The van der Waals surface area contributed by atoms with Crippen LogP contribution in [0.3, 0.4) is 0 Å². The van der Waals surface area contributed by atoms with E-state index in [0.717, 1.165) is 24.8 Å². The second kappa shape index (κ2) is 8.45. The number of amides is 1. The van der Waals surface area contributed by atoms with Gasteiger partial charge in [0, 0.05) is 34.8 Å². The van der Waals surface area contributed by atoms with E-state index in [1.165, 1.54) is 12.1 Å². The fraction of sp³-hybridized carbons (Fsp3) is 0.320. The van der Waals surface area contributed by atoms with E-state index < -0.39 is 11.6 Å². The number of carbonyl (C=O) groups excluding carboxylic acids is 1. The third kappa shape index (κ3) is 3.78. The van der Waals surface area contributed by atoms with Gasteiger partial charge < -0.3 is 14.4 Å². The zero-order chi connectivity index (χ0) is 22.3. The lowest BCUT2D eigenvalue weighted by molar-refractivity contribution is -0.120. The van der Waals surface area contributed by atoms with Gasteiger partial charge in [0.1, 0.15) is 5.82 Å². The molecule has 4 nitrogen and oxygen atoms in total. The van der Waals surface area contributed by atoms with Crippen LogP contribution in [-0.4, -0.2) is 23.9 Å². The van der Waals surface area contributed by atoms with E-state index in [0.29, 0.717) is 35.3 Å². The number of halogens is 3. The van der Waals surface area contributed by atoms with Crippen molar-refractivity contribution in [2.75, 3.05) is 13.1 Å². The van der Waals surface area contributed by atoms with Gasteiger partial charge in [0.15, 0.2) is 11.5 Å².